The van der Waals surface area contributed by atoms with E-state index in [9.17, 15) is 0 Å². The zero-order chi connectivity index (χ0) is 18.1. The van der Waals surface area contributed by atoms with E-state index in [-0.39, 0.29) is 0 Å². The molecule has 0 amide bonds. The van der Waals surface area contributed by atoms with Crippen molar-refractivity contribution in [3.63, 3.8) is 0 Å². The van der Waals surface area contributed by atoms with Gasteiger partial charge in [0.05, 0.1) is 12.4 Å². The molecule has 0 N–H and O–H groups in total. The largest absolute Gasteiger partial charge is 0.295 e. The van der Waals surface area contributed by atoms with Gasteiger partial charge in [-0.15, -0.1) is 0 Å². The highest BCUT2D eigenvalue weighted by molar-refractivity contribution is 6.14. The number of fused-ring (bicyclic) bond motifs is 9. The molecular formula is C25H19N2+. The molecule has 0 aliphatic carbocycles. The van der Waals surface area contributed by atoms with Gasteiger partial charge in [0.25, 0.3) is 5.65 Å². The molecule has 4 aromatic carbocycles. The quantitative estimate of drug-likeness (QED) is 0.247. The number of hydrogen-bond acceptors (Lipinski definition) is 0. The van der Waals surface area contributed by atoms with Crippen LogP contribution in [-0.2, 0) is 7.05 Å². The number of imidazole rings is 1. The van der Waals surface area contributed by atoms with Crippen LogP contribution in [0.1, 0.15) is 5.56 Å². The molecule has 0 unspecified atom stereocenters. The molecule has 0 radical (unpaired) electrons. The molecule has 0 fully saturated rings. The Bertz CT molecular complexity index is 1540. The van der Waals surface area contributed by atoms with Crippen LogP contribution in [0.3, 0.4) is 0 Å². The van der Waals surface area contributed by atoms with Gasteiger partial charge < -0.3 is 0 Å². The fourth-order valence-electron chi connectivity index (χ4n) is 4.65. The summed E-state index contributed by atoms with van der Waals surface area (Å²) in [5.74, 6) is 0. The predicted octanol–water partition coefficient (Wildman–Crippen LogP) is 5.69. The van der Waals surface area contributed by atoms with Crippen LogP contribution in [-0.4, -0.2) is 4.40 Å². The Kier molecular flexibility index (Phi) is 2.77. The Morgan fingerprint density at radius 1 is 0.704 bits per heavy atom. The topological polar surface area (TPSA) is 8.29 Å². The summed E-state index contributed by atoms with van der Waals surface area (Å²) in [4.78, 5) is 0. The first kappa shape index (κ1) is 14.7. The number of para-hydroxylation sites is 1. The van der Waals surface area contributed by atoms with Crippen molar-refractivity contribution in [1.29, 1.82) is 0 Å². The smallest absolute Gasteiger partial charge is 0.225 e. The van der Waals surface area contributed by atoms with Crippen molar-refractivity contribution in [1.82, 2.24) is 4.40 Å². The van der Waals surface area contributed by atoms with Gasteiger partial charge in [0.15, 0.2) is 11.0 Å². The van der Waals surface area contributed by atoms with Crippen LogP contribution in [0.2, 0.25) is 0 Å². The summed E-state index contributed by atoms with van der Waals surface area (Å²) in [7, 11) is 2.19. The minimum absolute atomic E-state index is 1.26. The molecule has 0 bridgehead atoms. The van der Waals surface area contributed by atoms with Gasteiger partial charge in [-0.05, 0) is 41.5 Å². The maximum atomic E-state index is 2.44. The van der Waals surface area contributed by atoms with Gasteiger partial charge in [-0.3, -0.25) is 0 Å². The minimum Gasteiger partial charge on any atom is -0.225 e. The van der Waals surface area contributed by atoms with Gasteiger partial charge >= 0.3 is 0 Å². The van der Waals surface area contributed by atoms with Gasteiger partial charge in [-0.1, -0.05) is 60.7 Å². The third-order valence-electron chi connectivity index (χ3n) is 5.91. The van der Waals surface area contributed by atoms with Gasteiger partial charge in [0, 0.05) is 10.8 Å². The molecule has 2 aromatic heterocycles. The number of nitrogens with zero attached hydrogens (tertiary/aromatic N) is 2. The monoisotopic (exact) mass is 347 g/mol. The highest BCUT2D eigenvalue weighted by atomic mass is 15.1. The molecule has 6 rings (SSSR count). The van der Waals surface area contributed by atoms with E-state index in [1.54, 1.807) is 0 Å². The molecule has 2 heterocycles. The van der Waals surface area contributed by atoms with Crippen LogP contribution in [0, 0.1) is 6.92 Å². The third kappa shape index (κ3) is 1.82. The first-order valence-electron chi connectivity index (χ1n) is 9.37. The lowest BCUT2D eigenvalue weighted by molar-refractivity contribution is -0.617. The molecule has 0 atom stereocenters. The van der Waals surface area contributed by atoms with E-state index >= 15 is 0 Å². The molecule has 2 nitrogen and oxygen atoms in total. The predicted molar refractivity (Wildman–Crippen MR) is 113 cm³/mol. The Morgan fingerprint density at radius 3 is 2.26 bits per heavy atom. The van der Waals surface area contributed by atoms with E-state index in [2.05, 4.69) is 102 Å². The standard InChI is InChI=1S/C25H19N2/c1-16-8-7-12-20-19-11-5-6-13-21(19)27-23-15-18-10-4-3-9-17(18)14-22(23)26(2)25(27)24(16)20/h3-15H,1-2H3/q+1. The van der Waals surface area contributed by atoms with Crippen LogP contribution in [0.15, 0.2) is 78.9 Å². The summed E-state index contributed by atoms with van der Waals surface area (Å²) in [6.07, 6.45) is 0. The normalized spacial score (nSPS) is 12.1. The van der Waals surface area contributed by atoms with Gasteiger partial charge in [-0.25, -0.2) is 4.57 Å². The lowest BCUT2D eigenvalue weighted by Gasteiger charge is -2.06. The van der Waals surface area contributed by atoms with Crippen LogP contribution in [0.25, 0.3) is 49.1 Å². The van der Waals surface area contributed by atoms with Crippen molar-refractivity contribution >= 4 is 49.1 Å². The summed E-state index contributed by atoms with van der Waals surface area (Å²) in [6.45, 7) is 2.21. The summed E-state index contributed by atoms with van der Waals surface area (Å²) in [5.41, 5.74) is 6.34. The molecule has 0 spiro atoms. The minimum atomic E-state index is 1.26. The second kappa shape index (κ2) is 5.08. The highest BCUT2D eigenvalue weighted by Crippen LogP contribution is 2.33. The fraction of sp³-hybridized carbons (Fsp3) is 0.0800. The number of benzene rings is 4. The molecular weight excluding hydrogens is 328 g/mol. The van der Waals surface area contributed by atoms with Gasteiger partial charge in [0.1, 0.15) is 5.52 Å². The highest BCUT2D eigenvalue weighted by Gasteiger charge is 2.24. The van der Waals surface area contributed by atoms with Crippen LogP contribution in [0.4, 0.5) is 0 Å². The van der Waals surface area contributed by atoms with Gasteiger partial charge in [-0.2, -0.15) is 4.40 Å². The number of hydrogen-bond donors (Lipinski definition) is 0. The number of aromatic nitrogens is 2. The van der Waals surface area contributed by atoms with E-state index in [4.69, 9.17) is 0 Å². The van der Waals surface area contributed by atoms with Crippen molar-refractivity contribution in [2.45, 2.75) is 6.92 Å². The molecule has 27 heavy (non-hydrogen) atoms. The van der Waals surface area contributed by atoms with E-state index in [1.165, 1.54) is 54.7 Å². The Labute approximate surface area is 156 Å². The van der Waals surface area contributed by atoms with Crippen molar-refractivity contribution in [3.05, 3.63) is 84.4 Å². The van der Waals surface area contributed by atoms with E-state index in [0.29, 0.717) is 0 Å². The molecule has 2 heteroatoms. The summed E-state index contributed by atoms with van der Waals surface area (Å²) < 4.78 is 4.79. The molecule has 0 saturated carbocycles. The van der Waals surface area contributed by atoms with Crippen molar-refractivity contribution < 1.29 is 4.57 Å². The average molecular weight is 347 g/mol. The summed E-state index contributed by atoms with van der Waals surface area (Å²) in [6, 6.07) is 28.6. The lowest BCUT2D eigenvalue weighted by atomic mass is 10.0. The molecule has 6 aromatic rings. The maximum Gasteiger partial charge on any atom is 0.295 e. The summed E-state index contributed by atoms with van der Waals surface area (Å²) in [5, 5.41) is 6.51. The molecule has 128 valence electrons. The molecule has 0 aliphatic heterocycles. The Morgan fingerprint density at radius 2 is 1.41 bits per heavy atom. The van der Waals surface area contributed by atoms with Crippen molar-refractivity contribution in [2.75, 3.05) is 0 Å². The Hall–Kier alpha value is -3.39. The summed E-state index contributed by atoms with van der Waals surface area (Å²) >= 11 is 0. The molecule has 0 aliphatic rings. The lowest BCUT2D eigenvalue weighted by Crippen LogP contribution is -2.27. The number of rotatable bonds is 0. The number of pyridine rings is 1. The van der Waals surface area contributed by atoms with Crippen LogP contribution in [0.5, 0.6) is 0 Å². The van der Waals surface area contributed by atoms with Gasteiger partial charge in [0.2, 0.25) is 0 Å². The first-order valence-corrected chi connectivity index (χ1v) is 9.37. The first-order chi connectivity index (χ1) is 13.2. The third-order valence-corrected chi connectivity index (χ3v) is 5.91. The molecule has 0 saturated heterocycles. The Balaban J connectivity index is 2.04. The van der Waals surface area contributed by atoms with E-state index in [1.807, 2.05) is 0 Å². The van der Waals surface area contributed by atoms with E-state index in [0.717, 1.165) is 0 Å². The maximum absolute atomic E-state index is 2.44. The van der Waals surface area contributed by atoms with Crippen molar-refractivity contribution in [2.24, 2.45) is 7.05 Å². The zero-order valence-electron chi connectivity index (χ0n) is 15.4. The van der Waals surface area contributed by atoms with Crippen LogP contribution >= 0.6 is 0 Å². The number of aryl methyl sites for hydroxylation is 2. The average Bonchev–Trinajstić information content (AvgIpc) is 2.99. The zero-order valence-corrected chi connectivity index (χ0v) is 15.4. The SMILES string of the molecule is Cc1cccc2c3ccccc3n3c4cc5ccccc5cc4[n+](C)c3c12. The van der Waals surface area contributed by atoms with E-state index < -0.39 is 0 Å². The second-order valence-electron chi connectivity index (χ2n) is 7.42. The van der Waals surface area contributed by atoms with Crippen LogP contribution < -0.4 is 4.57 Å². The van der Waals surface area contributed by atoms with Crippen molar-refractivity contribution in [3.8, 4) is 0 Å². The second-order valence-corrected chi connectivity index (χ2v) is 7.42. The fourth-order valence-corrected chi connectivity index (χ4v) is 4.65.